The number of rotatable bonds is 6. The number of carbonyl (C=O) groups is 2. The predicted octanol–water partition coefficient (Wildman–Crippen LogP) is 2.14. The van der Waals surface area contributed by atoms with Crippen LogP contribution in [0.4, 0.5) is 0 Å². The lowest BCUT2D eigenvalue weighted by atomic mass is 10.0. The second-order valence-electron chi connectivity index (χ2n) is 4.72. The largest absolute Gasteiger partial charge is 0.464 e. The molecule has 4 heteroatoms. The molecule has 1 unspecified atom stereocenters. The van der Waals surface area contributed by atoms with Crippen molar-refractivity contribution in [1.29, 1.82) is 0 Å². The summed E-state index contributed by atoms with van der Waals surface area (Å²) in [5, 5.41) is 0. The van der Waals surface area contributed by atoms with Crippen LogP contribution in [0.25, 0.3) is 0 Å². The minimum Gasteiger partial charge on any atom is -0.464 e. The van der Waals surface area contributed by atoms with Crippen LogP contribution in [0.1, 0.15) is 31.9 Å². The van der Waals surface area contributed by atoms with E-state index in [0.717, 1.165) is 11.1 Å². The van der Waals surface area contributed by atoms with Gasteiger partial charge in [0, 0.05) is 12.0 Å². The van der Waals surface area contributed by atoms with Crippen LogP contribution in [0.5, 0.6) is 0 Å². The van der Waals surface area contributed by atoms with Crippen LogP contribution in [-0.4, -0.2) is 31.1 Å². The Morgan fingerprint density at radius 2 is 2.14 bits per heavy atom. The van der Waals surface area contributed by atoms with Crippen molar-refractivity contribution in [2.24, 2.45) is 0 Å². The molecule has 0 radical (unpaired) electrons. The lowest BCUT2D eigenvalue weighted by Gasteiger charge is -2.19. The quantitative estimate of drug-likeness (QED) is 0.457. The highest BCUT2D eigenvalue weighted by Crippen LogP contribution is 2.12. The van der Waals surface area contributed by atoms with Crippen molar-refractivity contribution < 1.29 is 19.1 Å². The van der Waals surface area contributed by atoms with Crippen LogP contribution < -0.4 is 0 Å². The monoisotopic (exact) mass is 288 g/mol. The summed E-state index contributed by atoms with van der Waals surface area (Å²) in [4.78, 5) is 22.2. The Morgan fingerprint density at radius 1 is 1.38 bits per heavy atom. The summed E-state index contributed by atoms with van der Waals surface area (Å²) in [5.41, 5.74) is 1.64. The van der Waals surface area contributed by atoms with Crippen LogP contribution in [0.3, 0.4) is 0 Å². The molecule has 112 valence electrons. The van der Waals surface area contributed by atoms with Crippen LogP contribution >= 0.6 is 0 Å². The number of benzene rings is 1. The molecule has 0 saturated carbocycles. The Balaban J connectivity index is 2.87. The third-order valence-corrected chi connectivity index (χ3v) is 2.61. The maximum Gasteiger partial charge on any atom is 0.335 e. The third-order valence-electron chi connectivity index (χ3n) is 2.61. The Morgan fingerprint density at radius 3 is 2.76 bits per heavy atom. The summed E-state index contributed by atoms with van der Waals surface area (Å²) in [6.45, 7) is 5.83. The molecule has 1 rings (SSSR count). The minimum absolute atomic E-state index is 0.0718. The maximum absolute atomic E-state index is 11.9. The molecule has 0 fully saturated rings. The topological polar surface area (TPSA) is 52.6 Å². The number of aldehydes is 1. The fourth-order valence-electron chi connectivity index (χ4n) is 1.85. The zero-order chi connectivity index (χ0) is 15.7. The SMILES string of the molecule is CCOC(=O)C(Cc1cccc(C#CC=O)c1)OC(C)C. The summed E-state index contributed by atoms with van der Waals surface area (Å²) in [5.74, 6) is 4.73. The highest BCUT2D eigenvalue weighted by atomic mass is 16.6. The molecule has 0 aromatic heterocycles. The lowest BCUT2D eigenvalue weighted by Crippen LogP contribution is -2.31. The number of hydrogen-bond donors (Lipinski definition) is 0. The fraction of sp³-hybridized carbons (Fsp3) is 0.412. The van der Waals surface area contributed by atoms with Gasteiger partial charge in [0.1, 0.15) is 0 Å². The van der Waals surface area contributed by atoms with E-state index < -0.39 is 6.10 Å². The Hall–Kier alpha value is -2.12. The third kappa shape index (κ3) is 6.24. The standard InChI is InChI=1S/C17H20O4/c1-4-20-17(19)16(21-13(2)3)12-15-8-5-7-14(11-15)9-6-10-18/h5,7-8,10-11,13,16H,4,12H2,1-3H3. The molecule has 4 nitrogen and oxygen atoms in total. The predicted molar refractivity (Wildman–Crippen MR) is 79.7 cm³/mol. The van der Waals surface area contributed by atoms with Gasteiger partial charge < -0.3 is 9.47 Å². The van der Waals surface area contributed by atoms with Crippen molar-refractivity contribution in [2.75, 3.05) is 6.61 Å². The van der Waals surface area contributed by atoms with E-state index in [-0.39, 0.29) is 12.1 Å². The molecule has 0 N–H and O–H groups in total. The van der Waals surface area contributed by atoms with Crippen LogP contribution in [0.2, 0.25) is 0 Å². The molecule has 0 aliphatic carbocycles. The molecule has 0 heterocycles. The van der Waals surface area contributed by atoms with E-state index in [2.05, 4.69) is 11.8 Å². The van der Waals surface area contributed by atoms with Crippen molar-refractivity contribution in [3.63, 3.8) is 0 Å². The van der Waals surface area contributed by atoms with E-state index >= 15 is 0 Å². The average Bonchev–Trinajstić information content (AvgIpc) is 2.44. The average molecular weight is 288 g/mol. The molecule has 0 saturated heterocycles. The van der Waals surface area contributed by atoms with Gasteiger partial charge in [-0.05, 0) is 44.4 Å². The molecule has 21 heavy (non-hydrogen) atoms. The second-order valence-corrected chi connectivity index (χ2v) is 4.72. The first kappa shape index (κ1) is 16.9. The van der Waals surface area contributed by atoms with Gasteiger partial charge in [-0.2, -0.15) is 0 Å². The molecule has 0 amide bonds. The number of ether oxygens (including phenoxy) is 2. The van der Waals surface area contributed by atoms with Crippen LogP contribution in [0.15, 0.2) is 24.3 Å². The molecule has 0 spiro atoms. The number of hydrogen-bond acceptors (Lipinski definition) is 4. The van der Waals surface area contributed by atoms with Crippen molar-refractivity contribution in [1.82, 2.24) is 0 Å². The van der Waals surface area contributed by atoms with Gasteiger partial charge in [-0.1, -0.05) is 18.1 Å². The highest BCUT2D eigenvalue weighted by Gasteiger charge is 2.22. The van der Waals surface area contributed by atoms with E-state index in [1.807, 2.05) is 38.1 Å². The molecule has 1 aromatic rings. The van der Waals surface area contributed by atoms with E-state index in [0.29, 0.717) is 19.3 Å². The van der Waals surface area contributed by atoms with Gasteiger partial charge in [0.05, 0.1) is 12.7 Å². The summed E-state index contributed by atoms with van der Waals surface area (Å²) in [7, 11) is 0. The summed E-state index contributed by atoms with van der Waals surface area (Å²) in [6.07, 6.45) is 0.250. The fourth-order valence-corrected chi connectivity index (χ4v) is 1.85. The highest BCUT2D eigenvalue weighted by molar-refractivity contribution is 5.75. The summed E-state index contributed by atoms with van der Waals surface area (Å²) in [6, 6.07) is 7.37. The van der Waals surface area contributed by atoms with E-state index in [9.17, 15) is 9.59 Å². The molecular formula is C17H20O4. The molecule has 1 aromatic carbocycles. The van der Waals surface area contributed by atoms with Crippen LogP contribution in [0, 0.1) is 11.8 Å². The van der Waals surface area contributed by atoms with Gasteiger partial charge in [-0.25, -0.2) is 4.79 Å². The van der Waals surface area contributed by atoms with E-state index in [4.69, 9.17) is 9.47 Å². The molecule has 0 aliphatic rings. The van der Waals surface area contributed by atoms with Crippen molar-refractivity contribution in [2.45, 2.75) is 39.4 Å². The number of carbonyl (C=O) groups excluding carboxylic acids is 2. The van der Waals surface area contributed by atoms with Gasteiger partial charge >= 0.3 is 5.97 Å². The molecular weight excluding hydrogens is 268 g/mol. The van der Waals surface area contributed by atoms with E-state index in [1.165, 1.54) is 0 Å². The minimum atomic E-state index is -0.640. The first-order valence-corrected chi connectivity index (χ1v) is 6.93. The normalized spacial score (nSPS) is 11.4. The van der Waals surface area contributed by atoms with Gasteiger partial charge in [-0.15, -0.1) is 0 Å². The van der Waals surface area contributed by atoms with Crippen LogP contribution in [-0.2, 0) is 25.5 Å². The second kappa shape index (κ2) is 8.93. The Labute approximate surface area is 125 Å². The maximum atomic E-state index is 11.9. The Bertz CT molecular complexity index is 537. The van der Waals surface area contributed by atoms with Crippen molar-refractivity contribution in [3.8, 4) is 11.8 Å². The van der Waals surface area contributed by atoms with Gasteiger partial charge in [0.25, 0.3) is 0 Å². The van der Waals surface area contributed by atoms with Crippen molar-refractivity contribution >= 4 is 12.3 Å². The summed E-state index contributed by atoms with van der Waals surface area (Å²) >= 11 is 0. The van der Waals surface area contributed by atoms with Crippen molar-refractivity contribution in [3.05, 3.63) is 35.4 Å². The zero-order valence-corrected chi connectivity index (χ0v) is 12.6. The van der Waals surface area contributed by atoms with Gasteiger partial charge in [-0.3, -0.25) is 4.79 Å². The smallest absolute Gasteiger partial charge is 0.335 e. The molecule has 0 bridgehead atoms. The molecule has 1 atom stereocenters. The first-order valence-electron chi connectivity index (χ1n) is 6.93. The first-order chi connectivity index (χ1) is 10.1. The number of esters is 1. The van der Waals surface area contributed by atoms with Gasteiger partial charge in [0.2, 0.25) is 0 Å². The van der Waals surface area contributed by atoms with E-state index in [1.54, 1.807) is 6.92 Å². The van der Waals surface area contributed by atoms with Gasteiger partial charge in [0.15, 0.2) is 12.4 Å². The summed E-state index contributed by atoms with van der Waals surface area (Å²) < 4.78 is 10.7. The Kier molecular flexibility index (Phi) is 7.20. The molecule has 0 aliphatic heterocycles. The zero-order valence-electron chi connectivity index (χ0n) is 12.6. The lowest BCUT2D eigenvalue weighted by molar-refractivity contribution is -0.159.